The second kappa shape index (κ2) is 5.63. The van der Waals surface area contributed by atoms with Crippen LogP contribution in [-0.4, -0.2) is 57.6 Å². The van der Waals surface area contributed by atoms with E-state index in [1.165, 1.54) is 6.20 Å². The standard InChI is InChI=1S/C10H18N4O2S/c15-17(16,10-1-2-12-9-10)13-5-8-14-6-3-11-4-7-14/h1-2,9,11-13H,3-8H2. The van der Waals surface area contributed by atoms with Gasteiger partial charge in [-0.1, -0.05) is 0 Å². The molecular formula is C10H18N4O2S. The second-order valence-electron chi connectivity index (χ2n) is 4.04. The molecule has 0 saturated carbocycles. The Kier molecular flexibility index (Phi) is 4.16. The summed E-state index contributed by atoms with van der Waals surface area (Å²) >= 11 is 0. The summed E-state index contributed by atoms with van der Waals surface area (Å²) < 4.78 is 26.1. The van der Waals surface area contributed by atoms with Gasteiger partial charge in [0.15, 0.2) is 0 Å². The first kappa shape index (κ1) is 12.6. The van der Waals surface area contributed by atoms with E-state index in [2.05, 4.69) is 19.9 Å². The van der Waals surface area contributed by atoms with Gasteiger partial charge in [-0.3, -0.25) is 4.90 Å². The van der Waals surface area contributed by atoms with Gasteiger partial charge in [0.05, 0.1) is 4.90 Å². The number of H-pyrrole nitrogens is 1. The van der Waals surface area contributed by atoms with E-state index in [1.807, 2.05) is 0 Å². The van der Waals surface area contributed by atoms with Gasteiger partial charge >= 0.3 is 0 Å². The molecule has 2 heterocycles. The Hall–Kier alpha value is -0.890. The Morgan fingerprint density at radius 2 is 2.12 bits per heavy atom. The van der Waals surface area contributed by atoms with Crippen LogP contribution >= 0.6 is 0 Å². The Balaban J connectivity index is 1.78. The number of piperazine rings is 1. The summed E-state index contributed by atoms with van der Waals surface area (Å²) in [4.78, 5) is 5.27. The summed E-state index contributed by atoms with van der Waals surface area (Å²) in [6.45, 7) is 5.12. The van der Waals surface area contributed by atoms with Crippen molar-refractivity contribution in [3.8, 4) is 0 Å². The molecule has 17 heavy (non-hydrogen) atoms. The third kappa shape index (κ3) is 3.53. The molecule has 1 aliphatic heterocycles. The molecule has 0 spiro atoms. The highest BCUT2D eigenvalue weighted by Crippen LogP contribution is 2.05. The van der Waals surface area contributed by atoms with Crippen LogP contribution in [0.2, 0.25) is 0 Å². The minimum atomic E-state index is -3.34. The molecule has 0 amide bonds. The van der Waals surface area contributed by atoms with Gasteiger partial charge in [0, 0.05) is 51.7 Å². The van der Waals surface area contributed by atoms with Crippen LogP contribution in [0.1, 0.15) is 0 Å². The molecule has 3 N–H and O–H groups in total. The zero-order valence-corrected chi connectivity index (χ0v) is 10.5. The predicted octanol–water partition coefficient (Wildman–Crippen LogP) is -0.802. The lowest BCUT2D eigenvalue weighted by Gasteiger charge is -2.26. The fraction of sp³-hybridized carbons (Fsp3) is 0.600. The highest BCUT2D eigenvalue weighted by Gasteiger charge is 2.15. The fourth-order valence-corrected chi connectivity index (χ4v) is 2.83. The second-order valence-corrected chi connectivity index (χ2v) is 5.80. The first-order chi connectivity index (χ1) is 8.18. The zero-order valence-electron chi connectivity index (χ0n) is 9.65. The molecule has 7 heteroatoms. The molecule has 1 aliphatic rings. The SMILES string of the molecule is O=S(=O)(NCCN1CCNCC1)c1cc[nH]c1. The van der Waals surface area contributed by atoms with Crippen molar-refractivity contribution in [2.24, 2.45) is 0 Å². The molecule has 0 atom stereocenters. The van der Waals surface area contributed by atoms with Crippen molar-refractivity contribution in [2.45, 2.75) is 4.90 Å². The minimum absolute atomic E-state index is 0.290. The topological polar surface area (TPSA) is 77.2 Å². The third-order valence-corrected chi connectivity index (χ3v) is 4.27. The molecule has 2 rings (SSSR count). The van der Waals surface area contributed by atoms with E-state index >= 15 is 0 Å². The minimum Gasteiger partial charge on any atom is -0.366 e. The van der Waals surface area contributed by atoms with E-state index in [4.69, 9.17) is 0 Å². The summed E-state index contributed by atoms with van der Waals surface area (Å²) in [5.74, 6) is 0. The van der Waals surface area contributed by atoms with Gasteiger partial charge in [0.25, 0.3) is 0 Å². The zero-order chi connectivity index (χ0) is 12.1. The van der Waals surface area contributed by atoms with Crippen LogP contribution in [0.5, 0.6) is 0 Å². The molecule has 0 unspecified atom stereocenters. The Morgan fingerprint density at radius 1 is 1.35 bits per heavy atom. The van der Waals surface area contributed by atoms with E-state index in [0.717, 1.165) is 32.7 Å². The Bertz CT molecular complexity index is 423. The molecule has 1 aromatic heterocycles. The van der Waals surface area contributed by atoms with Crippen LogP contribution in [-0.2, 0) is 10.0 Å². The number of aromatic amines is 1. The van der Waals surface area contributed by atoms with Crippen LogP contribution in [0.3, 0.4) is 0 Å². The molecule has 6 nitrogen and oxygen atoms in total. The number of nitrogens with one attached hydrogen (secondary N) is 3. The van der Waals surface area contributed by atoms with E-state index < -0.39 is 10.0 Å². The summed E-state index contributed by atoms with van der Waals surface area (Å²) in [5.41, 5.74) is 0. The van der Waals surface area contributed by atoms with Crippen LogP contribution < -0.4 is 10.0 Å². The van der Waals surface area contributed by atoms with Gasteiger partial charge in [0.1, 0.15) is 0 Å². The molecular weight excluding hydrogens is 240 g/mol. The largest absolute Gasteiger partial charge is 0.366 e. The van der Waals surface area contributed by atoms with Crippen LogP contribution in [0.15, 0.2) is 23.4 Å². The van der Waals surface area contributed by atoms with Gasteiger partial charge in [-0.15, -0.1) is 0 Å². The summed E-state index contributed by atoms with van der Waals surface area (Å²) in [5, 5.41) is 3.26. The van der Waals surface area contributed by atoms with Crippen molar-refractivity contribution in [1.82, 2.24) is 19.9 Å². The van der Waals surface area contributed by atoms with E-state index in [9.17, 15) is 8.42 Å². The van der Waals surface area contributed by atoms with E-state index in [1.54, 1.807) is 12.3 Å². The molecule has 96 valence electrons. The maximum atomic E-state index is 11.8. The smallest absolute Gasteiger partial charge is 0.242 e. The van der Waals surface area contributed by atoms with Crippen molar-refractivity contribution in [2.75, 3.05) is 39.3 Å². The lowest BCUT2D eigenvalue weighted by molar-refractivity contribution is 0.245. The molecule has 0 aromatic carbocycles. The normalized spacial score (nSPS) is 18.4. The maximum Gasteiger partial charge on any atom is 0.242 e. The summed E-state index contributed by atoms with van der Waals surface area (Å²) in [6.07, 6.45) is 3.08. The fourth-order valence-electron chi connectivity index (χ4n) is 1.83. The van der Waals surface area contributed by atoms with Gasteiger partial charge in [-0.25, -0.2) is 13.1 Å². The molecule has 0 radical (unpaired) electrons. The van der Waals surface area contributed by atoms with Crippen molar-refractivity contribution in [3.63, 3.8) is 0 Å². The van der Waals surface area contributed by atoms with Gasteiger partial charge in [0.2, 0.25) is 10.0 Å². The van der Waals surface area contributed by atoms with Crippen molar-refractivity contribution in [3.05, 3.63) is 18.5 Å². The van der Waals surface area contributed by atoms with Gasteiger partial charge < -0.3 is 10.3 Å². The molecule has 1 fully saturated rings. The van der Waals surface area contributed by atoms with Crippen LogP contribution in [0.4, 0.5) is 0 Å². The van der Waals surface area contributed by atoms with E-state index in [-0.39, 0.29) is 4.90 Å². The maximum absolute atomic E-state index is 11.8. The van der Waals surface area contributed by atoms with Crippen LogP contribution in [0.25, 0.3) is 0 Å². The van der Waals surface area contributed by atoms with E-state index in [0.29, 0.717) is 6.54 Å². The number of nitrogens with zero attached hydrogens (tertiary/aromatic N) is 1. The molecule has 1 saturated heterocycles. The average Bonchev–Trinajstić information content (AvgIpc) is 2.84. The van der Waals surface area contributed by atoms with Crippen molar-refractivity contribution in [1.29, 1.82) is 0 Å². The molecule has 1 aromatic rings. The number of hydrogen-bond donors (Lipinski definition) is 3. The Labute approximate surface area is 101 Å². The summed E-state index contributed by atoms with van der Waals surface area (Å²) in [7, 11) is -3.34. The quantitative estimate of drug-likeness (QED) is 0.646. The predicted molar refractivity (Wildman–Crippen MR) is 65.3 cm³/mol. The lowest BCUT2D eigenvalue weighted by Crippen LogP contribution is -2.46. The van der Waals surface area contributed by atoms with Crippen molar-refractivity contribution >= 4 is 10.0 Å². The first-order valence-corrected chi connectivity index (χ1v) is 7.22. The van der Waals surface area contributed by atoms with Gasteiger partial charge in [-0.2, -0.15) is 0 Å². The first-order valence-electron chi connectivity index (χ1n) is 5.74. The number of rotatable bonds is 5. The number of hydrogen-bond acceptors (Lipinski definition) is 4. The molecule has 0 bridgehead atoms. The Morgan fingerprint density at radius 3 is 2.76 bits per heavy atom. The van der Waals surface area contributed by atoms with Gasteiger partial charge in [-0.05, 0) is 6.07 Å². The number of sulfonamides is 1. The highest BCUT2D eigenvalue weighted by atomic mass is 32.2. The highest BCUT2D eigenvalue weighted by molar-refractivity contribution is 7.89. The average molecular weight is 258 g/mol. The third-order valence-electron chi connectivity index (χ3n) is 2.81. The number of aromatic nitrogens is 1. The van der Waals surface area contributed by atoms with Crippen LogP contribution in [0, 0.1) is 0 Å². The lowest BCUT2D eigenvalue weighted by atomic mass is 10.3. The summed E-state index contributed by atoms with van der Waals surface area (Å²) in [6, 6.07) is 1.55. The monoisotopic (exact) mass is 258 g/mol. The van der Waals surface area contributed by atoms with Crippen molar-refractivity contribution < 1.29 is 8.42 Å². The molecule has 0 aliphatic carbocycles.